The van der Waals surface area contributed by atoms with Gasteiger partial charge < -0.3 is 10.0 Å². The van der Waals surface area contributed by atoms with Crippen molar-refractivity contribution in [3.05, 3.63) is 28.3 Å². The first-order valence-electron chi connectivity index (χ1n) is 8.47. The van der Waals surface area contributed by atoms with Gasteiger partial charge in [0.15, 0.2) is 0 Å². The SMILES string of the molecule is CC1(O)CCN(c2ccc(S(=O)(=O)N3CCCCC3)cc2[N+](=O)[O-])C1. The Bertz CT molecular complexity index is 772. The number of rotatable bonds is 4. The summed E-state index contributed by atoms with van der Waals surface area (Å²) in [5.74, 6) is 0. The van der Waals surface area contributed by atoms with Gasteiger partial charge in [-0.2, -0.15) is 4.31 Å². The lowest BCUT2D eigenvalue weighted by molar-refractivity contribution is -0.384. The van der Waals surface area contributed by atoms with E-state index in [4.69, 9.17) is 0 Å². The first-order valence-corrected chi connectivity index (χ1v) is 9.91. The number of benzene rings is 1. The number of nitro benzene ring substituents is 1. The first kappa shape index (κ1) is 18.1. The van der Waals surface area contributed by atoms with Crippen LogP contribution >= 0.6 is 0 Å². The van der Waals surface area contributed by atoms with Gasteiger partial charge >= 0.3 is 0 Å². The Morgan fingerprint density at radius 1 is 1.20 bits per heavy atom. The summed E-state index contributed by atoms with van der Waals surface area (Å²) in [4.78, 5) is 12.6. The molecule has 1 aromatic rings. The van der Waals surface area contributed by atoms with Gasteiger partial charge in [0.25, 0.3) is 5.69 Å². The lowest BCUT2D eigenvalue weighted by Gasteiger charge is -2.26. The number of β-amino-alcohol motifs (C(OH)–C–C–N with tert-alkyl or cyclic N) is 1. The van der Waals surface area contributed by atoms with Crippen molar-refractivity contribution in [1.82, 2.24) is 4.31 Å². The highest BCUT2D eigenvalue weighted by atomic mass is 32.2. The Balaban J connectivity index is 1.95. The highest BCUT2D eigenvalue weighted by molar-refractivity contribution is 7.89. The van der Waals surface area contributed by atoms with Crippen molar-refractivity contribution < 1.29 is 18.4 Å². The quantitative estimate of drug-likeness (QED) is 0.640. The second kappa shape index (κ2) is 6.54. The van der Waals surface area contributed by atoms with Crippen LogP contribution in [-0.4, -0.2) is 54.5 Å². The molecule has 3 rings (SSSR count). The molecule has 0 spiro atoms. The Kier molecular flexibility index (Phi) is 4.74. The topological polar surface area (TPSA) is 104 Å². The fraction of sp³-hybridized carbons (Fsp3) is 0.625. The van der Waals surface area contributed by atoms with E-state index in [2.05, 4.69) is 0 Å². The number of nitrogens with zero attached hydrogens (tertiary/aromatic N) is 3. The van der Waals surface area contributed by atoms with Crippen LogP contribution in [0.15, 0.2) is 23.1 Å². The van der Waals surface area contributed by atoms with Gasteiger partial charge in [-0.15, -0.1) is 0 Å². The third kappa shape index (κ3) is 3.63. The van der Waals surface area contributed by atoms with E-state index in [1.165, 1.54) is 16.4 Å². The summed E-state index contributed by atoms with van der Waals surface area (Å²) in [7, 11) is -3.72. The van der Waals surface area contributed by atoms with Gasteiger partial charge in [0, 0.05) is 32.2 Å². The maximum absolute atomic E-state index is 12.7. The van der Waals surface area contributed by atoms with E-state index in [0.29, 0.717) is 31.7 Å². The van der Waals surface area contributed by atoms with Gasteiger partial charge in [0.1, 0.15) is 5.69 Å². The third-order valence-electron chi connectivity index (χ3n) is 4.89. The molecular weight excluding hydrogens is 346 g/mol. The molecule has 8 nitrogen and oxygen atoms in total. The molecule has 1 atom stereocenters. The third-order valence-corrected chi connectivity index (χ3v) is 6.78. The summed E-state index contributed by atoms with van der Waals surface area (Å²) in [6.07, 6.45) is 3.13. The van der Waals surface area contributed by atoms with Gasteiger partial charge in [-0.1, -0.05) is 6.42 Å². The molecule has 0 aromatic heterocycles. The zero-order valence-corrected chi connectivity index (χ0v) is 15.0. The van der Waals surface area contributed by atoms with Crippen LogP contribution in [0.25, 0.3) is 0 Å². The molecule has 2 fully saturated rings. The van der Waals surface area contributed by atoms with Crippen molar-refractivity contribution in [3.8, 4) is 0 Å². The maximum Gasteiger partial charge on any atom is 0.293 e. The van der Waals surface area contributed by atoms with E-state index < -0.39 is 20.5 Å². The molecule has 0 aliphatic carbocycles. The summed E-state index contributed by atoms with van der Waals surface area (Å²) in [6.45, 7) is 3.37. The molecule has 2 saturated heterocycles. The summed E-state index contributed by atoms with van der Waals surface area (Å²) in [5.41, 5.74) is -0.789. The van der Waals surface area contributed by atoms with Crippen molar-refractivity contribution in [2.24, 2.45) is 0 Å². The second-order valence-electron chi connectivity index (χ2n) is 7.04. The highest BCUT2D eigenvalue weighted by Crippen LogP contribution is 2.36. The van der Waals surface area contributed by atoms with Gasteiger partial charge in [0.05, 0.1) is 15.4 Å². The van der Waals surface area contributed by atoms with Crippen LogP contribution in [0.2, 0.25) is 0 Å². The Labute approximate surface area is 147 Å². The molecule has 0 saturated carbocycles. The average Bonchev–Trinajstić information content (AvgIpc) is 2.95. The molecular formula is C16H23N3O5S. The fourth-order valence-electron chi connectivity index (χ4n) is 3.48. The minimum Gasteiger partial charge on any atom is -0.388 e. The van der Waals surface area contributed by atoms with Gasteiger partial charge in [0.2, 0.25) is 10.0 Å². The van der Waals surface area contributed by atoms with Crippen LogP contribution in [0.3, 0.4) is 0 Å². The second-order valence-corrected chi connectivity index (χ2v) is 8.98. The Morgan fingerprint density at radius 3 is 2.44 bits per heavy atom. The minimum absolute atomic E-state index is 0.0455. The highest BCUT2D eigenvalue weighted by Gasteiger charge is 2.35. The van der Waals surface area contributed by atoms with E-state index in [1.54, 1.807) is 11.8 Å². The van der Waals surface area contributed by atoms with E-state index in [0.717, 1.165) is 25.3 Å². The van der Waals surface area contributed by atoms with Gasteiger partial charge in [-0.25, -0.2) is 8.42 Å². The molecule has 1 aromatic carbocycles. The zero-order chi connectivity index (χ0) is 18.2. The van der Waals surface area contributed by atoms with E-state index in [9.17, 15) is 23.6 Å². The van der Waals surface area contributed by atoms with Crippen molar-refractivity contribution in [2.75, 3.05) is 31.1 Å². The minimum atomic E-state index is -3.72. The fourth-order valence-corrected chi connectivity index (χ4v) is 5.02. The Morgan fingerprint density at radius 2 is 1.88 bits per heavy atom. The van der Waals surface area contributed by atoms with Crippen LogP contribution in [-0.2, 0) is 10.0 Å². The zero-order valence-electron chi connectivity index (χ0n) is 14.2. The molecule has 2 aliphatic heterocycles. The maximum atomic E-state index is 12.7. The Hall–Kier alpha value is -1.71. The van der Waals surface area contributed by atoms with Crippen LogP contribution in [0, 0.1) is 10.1 Å². The summed E-state index contributed by atoms with van der Waals surface area (Å²) in [6, 6.07) is 4.06. The number of sulfonamides is 1. The van der Waals surface area contributed by atoms with Crippen molar-refractivity contribution >= 4 is 21.4 Å². The van der Waals surface area contributed by atoms with Crippen molar-refractivity contribution in [3.63, 3.8) is 0 Å². The smallest absolute Gasteiger partial charge is 0.293 e. The monoisotopic (exact) mass is 369 g/mol. The van der Waals surface area contributed by atoms with Gasteiger partial charge in [-0.05, 0) is 38.3 Å². The van der Waals surface area contributed by atoms with Crippen LogP contribution in [0.4, 0.5) is 11.4 Å². The average molecular weight is 369 g/mol. The number of hydrogen-bond donors (Lipinski definition) is 1. The van der Waals surface area contributed by atoms with E-state index in [1.807, 2.05) is 0 Å². The normalized spacial score (nSPS) is 25.3. The van der Waals surface area contributed by atoms with Crippen LogP contribution in [0.1, 0.15) is 32.6 Å². The standard InChI is InChI=1S/C16H23N3O5S/c1-16(20)7-10-17(12-16)14-6-5-13(11-15(14)19(21)22)25(23,24)18-8-3-2-4-9-18/h5-6,11,20H,2-4,7-10,12H2,1H3. The predicted octanol–water partition coefficient (Wildman–Crippen LogP) is 1.73. The summed E-state index contributed by atoms with van der Waals surface area (Å²) in [5, 5.41) is 21.6. The number of anilines is 1. The predicted molar refractivity (Wildman–Crippen MR) is 93.2 cm³/mol. The molecule has 0 amide bonds. The molecule has 1 unspecified atom stereocenters. The van der Waals surface area contributed by atoms with Crippen molar-refractivity contribution in [1.29, 1.82) is 0 Å². The number of piperidine rings is 1. The number of aliphatic hydroxyl groups is 1. The van der Waals surface area contributed by atoms with Crippen LogP contribution in [0.5, 0.6) is 0 Å². The molecule has 0 radical (unpaired) electrons. The van der Waals surface area contributed by atoms with Gasteiger partial charge in [-0.3, -0.25) is 10.1 Å². The van der Waals surface area contributed by atoms with E-state index >= 15 is 0 Å². The first-order chi connectivity index (χ1) is 11.7. The summed E-state index contributed by atoms with van der Waals surface area (Å²) < 4.78 is 26.9. The molecule has 1 N–H and O–H groups in total. The van der Waals surface area contributed by atoms with Crippen molar-refractivity contribution in [2.45, 2.75) is 43.1 Å². The largest absolute Gasteiger partial charge is 0.388 e. The lowest BCUT2D eigenvalue weighted by atomic mass is 10.1. The molecule has 25 heavy (non-hydrogen) atoms. The summed E-state index contributed by atoms with van der Waals surface area (Å²) >= 11 is 0. The molecule has 2 heterocycles. The molecule has 2 aliphatic rings. The number of nitro groups is 1. The number of hydrogen-bond acceptors (Lipinski definition) is 6. The molecule has 138 valence electrons. The molecule has 9 heteroatoms. The van der Waals surface area contributed by atoms with E-state index in [-0.39, 0.29) is 17.1 Å². The van der Waals surface area contributed by atoms with Crippen LogP contribution < -0.4 is 4.90 Å². The molecule has 0 bridgehead atoms. The lowest BCUT2D eigenvalue weighted by Crippen LogP contribution is -2.35.